The highest BCUT2D eigenvalue weighted by Gasteiger charge is 2.44. The van der Waals surface area contributed by atoms with Crippen molar-refractivity contribution in [2.75, 3.05) is 18.0 Å². The molecule has 2 rings (SSSR count). The minimum Gasteiger partial charge on any atom is -0.421 e. The van der Waals surface area contributed by atoms with E-state index in [0.717, 1.165) is 0 Å². The molecule has 1 aromatic heterocycles. The number of anilines is 1. The molecule has 1 fully saturated rings. The molecule has 1 N–H and O–H groups in total. The van der Waals surface area contributed by atoms with Crippen molar-refractivity contribution in [1.29, 1.82) is 5.26 Å². The third-order valence-electron chi connectivity index (χ3n) is 2.58. The fraction of sp³-hybridized carbons (Fsp3) is 0.364. The van der Waals surface area contributed by atoms with E-state index in [1.165, 1.54) is 23.2 Å². The number of nitriles is 1. The maximum atomic E-state index is 12.2. The number of esters is 1. The Morgan fingerprint density at radius 2 is 2.30 bits per heavy atom. The van der Waals surface area contributed by atoms with E-state index in [1.54, 1.807) is 0 Å². The van der Waals surface area contributed by atoms with Crippen LogP contribution in [-0.2, 0) is 9.53 Å². The molecule has 2 heterocycles. The molecule has 106 valence electrons. The second kappa shape index (κ2) is 5.34. The van der Waals surface area contributed by atoms with Gasteiger partial charge in [-0.15, -0.1) is 0 Å². The number of aromatic nitrogens is 1. The number of hydrogen-bond donors (Lipinski definition) is 1. The SMILES string of the molecule is N#Cc1ccc(N2CCNC2OC(=O)C(F)(F)F)nc1. The van der Waals surface area contributed by atoms with Crippen LogP contribution in [0.25, 0.3) is 0 Å². The summed E-state index contributed by atoms with van der Waals surface area (Å²) >= 11 is 0. The molecule has 1 atom stereocenters. The van der Waals surface area contributed by atoms with Crippen molar-refractivity contribution in [3.8, 4) is 6.07 Å². The van der Waals surface area contributed by atoms with E-state index < -0.39 is 18.5 Å². The zero-order chi connectivity index (χ0) is 14.8. The van der Waals surface area contributed by atoms with Crippen molar-refractivity contribution in [3.05, 3.63) is 23.9 Å². The van der Waals surface area contributed by atoms with Gasteiger partial charge in [-0.25, -0.2) is 9.78 Å². The van der Waals surface area contributed by atoms with Gasteiger partial charge in [0.25, 0.3) is 0 Å². The Morgan fingerprint density at radius 1 is 1.55 bits per heavy atom. The molecule has 0 aliphatic carbocycles. The number of ether oxygens (including phenoxy) is 1. The molecule has 9 heteroatoms. The number of hydrogen-bond acceptors (Lipinski definition) is 6. The Morgan fingerprint density at radius 3 is 2.85 bits per heavy atom. The van der Waals surface area contributed by atoms with Crippen LogP contribution < -0.4 is 10.2 Å². The summed E-state index contributed by atoms with van der Waals surface area (Å²) in [5, 5.41) is 11.3. The molecular formula is C11H9F3N4O2. The zero-order valence-corrected chi connectivity index (χ0v) is 10.0. The first-order chi connectivity index (χ1) is 9.41. The summed E-state index contributed by atoms with van der Waals surface area (Å²) in [6.45, 7) is 0.673. The molecule has 0 radical (unpaired) electrons. The van der Waals surface area contributed by atoms with Crippen molar-refractivity contribution in [2.24, 2.45) is 0 Å². The first-order valence-electron chi connectivity index (χ1n) is 5.56. The van der Waals surface area contributed by atoms with Crippen LogP contribution in [0.2, 0.25) is 0 Å². The van der Waals surface area contributed by atoms with Crippen LogP contribution in [0.3, 0.4) is 0 Å². The number of alkyl halides is 3. The van der Waals surface area contributed by atoms with Crippen molar-refractivity contribution in [2.45, 2.75) is 12.5 Å². The van der Waals surface area contributed by atoms with Crippen LogP contribution >= 0.6 is 0 Å². The summed E-state index contributed by atoms with van der Waals surface area (Å²) < 4.78 is 40.8. The predicted molar refractivity (Wildman–Crippen MR) is 60.2 cm³/mol. The Hall–Kier alpha value is -2.34. The average Bonchev–Trinajstić information content (AvgIpc) is 2.86. The number of halogens is 3. The molecule has 0 saturated carbocycles. The highest BCUT2D eigenvalue weighted by molar-refractivity contribution is 5.76. The number of carbonyl (C=O) groups is 1. The molecule has 0 bridgehead atoms. The number of nitrogens with zero attached hydrogens (tertiary/aromatic N) is 3. The Kier molecular flexibility index (Phi) is 3.76. The summed E-state index contributed by atoms with van der Waals surface area (Å²) in [5.74, 6) is -1.95. The maximum Gasteiger partial charge on any atom is 0.491 e. The van der Waals surface area contributed by atoms with E-state index in [2.05, 4.69) is 15.0 Å². The quantitative estimate of drug-likeness (QED) is 0.808. The fourth-order valence-electron chi connectivity index (χ4n) is 1.67. The molecule has 1 aliphatic rings. The Bertz CT molecular complexity index is 538. The van der Waals surface area contributed by atoms with Gasteiger partial charge >= 0.3 is 12.1 Å². The van der Waals surface area contributed by atoms with Crippen LogP contribution in [0.4, 0.5) is 19.0 Å². The van der Waals surface area contributed by atoms with E-state index in [4.69, 9.17) is 5.26 Å². The van der Waals surface area contributed by atoms with Crippen molar-refractivity contribution >= 4 is 11.8 Å². The summed E-state index contributed by atoms with van der Waals surface area (Å²) in [6, 6.07) is 4.82. The van der Waals surface area contributed by atoms with E-state index in [9.17, 15) is 18.0 Å². The molecule has 0 aromatic carbocycles. The summed E-state index contributed by atoms with van der Waals surface area (Å²) in [5.41, 5.74) is 0.324. The summed E-state index contributed by atoms with van der Waals surface area (Å²) in [4.78, 5) is 16.1. The monoisotopic (exact) mass is 286 g/mol. The first-order valence-corrected chi connectivity index (χ1v) is 5.56. The molecule has 0 spiro atoms. The van der Waals surface area contributed by atoms with Gasteiger partial charge in [0.2, 0.25) is 6.35 Å². The van der Waals surface area contributed by atoms with Crippen molar-refractivity contribution in [3.63, 3.8) is 0 Å². The molecule has 1 unspecified atom stereocenters. The number of carbonyl (C=O) groups excluding carboxylic acids is 1. The van der Waals surface area contributed by atoms with Gasteiger partial charge in [-0.3, -0.25) is 5.32 Å². The lowest BCUT2D eigenvalue weighted by molar-refractivity contribution is -0.205. The lowest BCUT2D eigenvalue weighted by Gasteiger charge is -2.24. The van der Waals surface area contributed by atoms with Gasteiger partial charge in [-0.1, -0.05) is 0 Å². The van der Waals surface area contributed by atoms with Crippen LogP contribution in [0.1, 0.15) is 5.56 Å². The molecule has 1 saturated heterocycles. The molecule has 0 amide bonds. The van der Waals surface area contributed by atoms with Gasteiger partial charge in [0.15, 0.2) is 0 Å². The lowest BCUT2D eigenvalue weighted by Crippen LogP contribution is -2.43. The molecule has 6 nitrogen and oxygen atoms in total. The topological polar surface area (TPSA) is 78.3 Å². The van der Waals surface area contributed by atoms with Crippen LogP contribution in [-0.4, -0.2) is 36.6 Å². The lowest BCUT2D eigenvalue weighted by atomic mass is 10.3. The van der Waals surface area contributed by atoms with Crippen molar-refractivity contribution in [1.82, 2.24) is 10.3 Å². The molecular weight excluding hydrogens is 277 g/mol. The van der Waals surface area contributed by atoms with Crippen molar-refractivity contribution < 1.29 is 22.7 Å². The Labute approximate surface area is 111 Å². The smallest absolute Gasteiger partial charge is 0.421 e. The van der Waals surface area contributed by atoms with Gasteiger partial charge in [-0.2, -0.15) is 18.4 Å². The van der Waals surface area contributed by atoms with Gasteiger partial charge in [0.1, 0.15) is 11.9 Å². The number of rotatable bonds is 2. The van der Waals surface area contributed by atoms with E-state index >= 15 is 0 Å². The standard InChI is InChI=1S/C11H9F3N4O2/c12-11(13,14)9(19)20-10-16-3-4-18(10)8-2-1-7(5-15)6-17-8/h1-2,6,10,16H,3-4H2. The average molecular weight is 286 g/mol. The summed E-state index contributed by atoms with van der Waals surface area (Å²) in [7, 11) is 0. The first kappa shape index (κ1) is 14.1. The largest absolute Gasteiger partial charge is 0.491 e. The highest BCUT2D eigenvalue weighted by atomic mass is 19.4. The number of nitrogens with one attached hydrogen (secondary N) is 1. The van der Waals surface area contributed by atoms with Crippen LogP contribution in [0, 0.1) is 11.3 Å². The number of pyridine rings is 1. The molecule has 1 aliphatic heterocycles. The van der Waals surface area contributed by atoms with Crippen LogP contribution in [0.15, 0.2) is 18.3 Å². The normalized spacial score (nSPS) is 18.7. The molecule has 1 aromatic rings. The highest BCUT2D eigenvalue weighted by Crippen LogP contribution is 2.21. The minimum atomic E-state index is -5.05. The summed E-state index contributed by atoms with van der Waals surface area (Å²) in [6.07, 6.45) is -4.99. The predicted octanol–water partition coefficient (Wildman–Crippen LogP) is 0.752. The zero-order valence-electron chi connectivity index (χ0n) is 10.0. The third kappa shape index (κ3) is 2.97. The van der Waals surface area contributed by atoms with Gasteiger partial charge in [-0.05, 0) is 12.1 Å². The maximum absolute atomic E-state index is 12.2. The van der Waals surface area contributed by atoms with Gasteiger partial charge in [0.05, 0.1) is 5.56 Å². The second-order valence-electron chi connectivity index (χ2n) is 3.92. The Balaban J connectivity index is 2.11. The third-order valence-corrected chi connectivity index (χ3v) is 2.58. The minimum absolute atomic E-state index is 0.314. The second-order valence-corrected chi connectivity index (χ2v) is 3.92. The van der Waals surface area contributed by atoms with Gasteiger partial charge < -0.3 is 9.64 Å². The van der Waals surface area contributed by atoms with E-state index in [-0.39, 0.29) is 0 Å². The van der Waals surface area contributed by atoms with Gasteiger partial charge in [0, 0.05) is 19.3 Å². The molecule has 20 heavy (non-hydrogen) atoms. The van der Waals surface area contributed by atoms with E-state index in [0.29, 0.717) is 24.5 Å². The van der Waals surface area contributed by atoms with Crippen LogP contribution in [0.5, 0.6) is 0 Å². The fourth-order valence-corrected chi connectivity index (χ4v) is 1.67. The van der Waals surface area contributed by atoms with E-state index in [1.807, 2.05) is 6.07 Å².